The molecule has 3 nitrogen and oxygen atoms in total. The standard InChI is InChI=1S/C13H14BrNO2/c14-10-4-3-9-7-15(13(16)12(9)6-10)8-11-2-1-5-17-11/h3-4,6,11H,1-2,5,7-8H2. The minimum atomic E-state index is 0.136. The highest BCUT2D eigenvalue weighted by Crippen LogP contribution is 2.27. The van der Waals surface area contributed by atoms with E-state index in [9.17, 15) is 4.79 Å². The molecule has 1 unspecified atom stereocenters. The molecule has 0 N–H and O–H groups in total. The van der Waals surface area contributed by atoms with Crippen LogP contribution in [0.4, 0.5) is 0 Å². The number of ether oxygens (including phenoxy) is 1. The van der Waals surface area contributed by atoms with E-state index in [-0.39, 0.29) is 12.0 Å². The van der Waals surface area contributed by atoms with Crippen molar-refractivity contribution < 1.29 is 9.53 Å². The lowest BCUT2D eigenvalue weighted by molar-refractivity contribution is 0.0545. The number of nitrogens with zero attached hydrogens (tertiary/aromatic N) is 1. The van der Waals surface area contributed by atoms with Crippen LogP contribution in [0.3, 0.4) is 0 Å². The Morgan fingerprint density at radius 2 is 2.35 bits per heavy atom. The Hall–Kier alpha value is -0.870. The molecule has 0 spiro atoms. The zero-order valence-electron chi connectivity index (χ0n) is 9.49. The summed E-state index contributed by atoms with van der Waals surface area (Å²) in [5, 5.41) is 0. The van der Waals surface area contributed by atoms with Crippen LogP contribution in [0.2, 0.25) is 0 Å². The molecule has 1 amide bonds. The number of fused-ring (bicyclic) bond motifs is 1. The molecule has 1 atom stereocenters. The molecule has 4 heteroatoms. The first-order valence-electron chi connectivity index (χ1n) is 5.93. The molecule has 0 bridgehead atoms. The highest BCUT2D eigenvalue weighted by molar-refractivity contribution is 9.10. The Morgan fingerprint density at radius 1 is 1.47 bits per heavy atom. The van der Waals surface area contributed by atoms with Gasteiger partial charge in [0, 0.05) is 29.7 Å². The fourth-order valence-corrected chi connectivity index (χ4v) is 2.88. The van der Waals surface area contributed by atoms with E-state index in [0.29, 0.717) is 0 Å². The summed E-state index contributed by atoms with van der Waals surface area (Å²) in [5.41, 5.74) is 1.95. The maximum Gasteiger partial charge on any atom is 0.254 e. The van der Waals surface area contributed by atoms with E-state index in [4.69, 9.17) is 4.74 Å². The molecule has 17 heavy (non-hydrogen) atoms. The number of benzene rings is 1. The zero-order valence-corrected chi connectivity index (χ0v) is 11.1. The average Bonchev–Trinajstić information content (AvgIpc) is 2.91. The topological polar surface area (TPSA) is 29.5 Å². The molecular formula is C13H14BrNO2. The third kappa shape index (κ3) is 2.11. The number of carbonyl (C=O) groups excluding carboxylic acids is 1. The molecule has 2 aliphatic heterocycles. The maximum absolute atomic E-state index is 12.2. The fourth-order valence-electron chi connectivity index (χ4n) is 2.52. The van der Waals surface area contributed by atoms with Crippen LogP contribution in [0, 0.1) is 0 Å². The average molecular weight is 296 g/mol. The Bertz CT molecular complexity index is 455. The predicted molar refractivity (Wildman–Crippen MR) is 67.9 cm³/mol. The van der Waals surface area contributed by atoms with Gasteiger partial charge in [-0.3, -0.25) is 4.79 Å². The third-order valence-electron chi connectivity index (χ3n) is 3.40. The number of halogens is 1. The van der Waals surface area contributed by atoms with Gasteiger partial charge in [0.2, 0.25) is 0 Å². The summed E-state index contributed by atoms with van der Waals surface area (Å²) in [6.07, 6.45) is 2.42. The second-order valence-corrected chi connectivity index (χ2v) is 5.54. The van der Waals surface area contributed by atoms with Crippen molar-refractivity contribution in [3.63, 3.8) is 0 Å². The van der Waals surface area contributed by atoms with E-state index < -0.39 is 0 Å². The molecule has 90 valence electrons. The van der Waals surface area contributed by atoms with Gasteiger partial charge in [-0.15, -0.1) is 0 Å². The molecule has 0 saturated carbocycles. The van der Waals surface area contributed by atoms with Crippen LogP contribution in [0.5, 0.6) is 0 Å². The Morgan fingerprint density at radius 3 is 3.12 bits per heavy atom. The molecule has 0 radical (unpaired) electrons. The van der Waals surface area contributed by atoms with Crippen LogP contribution >= 0.6 is 15.9 Å². The third-order valence-corrected chi connectivity index (χ3v) is 3.89. The van der Waals surface area contributed by atoms with Gasteiger partial charge in [-0.2, -0.15) is 0 Å². The normalized spacial score (nSPS) is 23.2. The summed E-state index contributed by atoms with van der Waals surface area (Å²) in [6.45, 7) is 2.29. The molecule has 1 aromatic rings. The monoisotopic (exact) mass is 295 g/mol. The number of carbonyl (C=O) groups is 1. The first kappa shape index (κ1) is 11.2. The van der Waals surface area contributed by atoms with Crippen LogP contribution in [0.25, 0.3) is 0 Å². The SMILES string of the molecule is O=C1c2cc(Br)ccc2CN1CC1CCCO1. The minimum Gasteiger partial charge on any atom is -0.376 e. The minimum absolute atomic E-state index is 0.136. The van der Waals surface area contributed by atoms with E-state index in [0.717, 1.165) is 48.1 Å². The van der Waals surface area contributed by atoms with Gasteiger partial charge in [-0.25, -0.2) is 0 Å². The molecule has 2 aliphatic rings. The molecule has 0 aromatic heterocycles. The molecule has 2 heterocycles. The lowest BCUT2D eigenvalue weighted by atomic mass is 10.1. The quantitative estimate of drug-likeness (QED) is 0.839. The summed E-state index contributed by atoms with van der Waals surface area (Å²) in [5.74, 6) is 0.136. The van der Waals surface area contributed by atoms with Crippen molar-refractivity contribution in [3.05, 3.63) is 33.8 Å². The summed E-state index contributed by atoms with van der Waals surface area (Å²) in [7, 11) is 0. The predicted octanol–water partition coefficient (Wildman–Crippen LogP) is 2.58. The number of rotatable bonds is 2. The van der Waals surface area contributed by atoms with Crippen LogP contribution in [-0.2, 0) is 11.3 Å². The van der Waals surface area contributed by atoms with E-state index in [2.05, 4.69) is 15.9 Å². The van der Waals surface area contributed by atoms with Crippen LogP contribution in [0.15, 0.2) is 22.7 Å². The first-order chi connectivity index (χ1) is 8.24. The van der Waals surface area contributed by atoms with Gasteiger partial charge >= 0.3 is 0 Å². The second kappa shape index (κ2) is 4.42. The Kier molecular flexibility index (Phi) is 2.92. The van der Waals surface area contributed by atoms with Crippen LogP contribution in [0.1, 0.15) is 28.8 Å². The summed E-state index contributed by atoms with van der Waals surface area (Å²) >= 11 is 3.41. The van der Waals surface area contributed by atoms with E-state index in [1.54, 1.807) is 0 Å². The molecule has 1 fully saturated rings. The molecule has 1 saturated heterocycles. The largest absolute Gasteiger partial charge is 0.376 e. The zero-order chi connectivity index (χ0) is 11.8. The highest BCUT2D eigenvalue weighted by Gasteiger charge is 2.30. The fraction of sp³-hybridized carbons (Fsp3) is 0.462. The lowest BCUT2D eigenvalue weighted by Crippen LogP contribution is -2.32. The van der Waals surface area contributed by atoms with Crippen molar-refractivity contribution in [2.75, 3.05) is 13.2 Å². The highest BCUT2D eigenvalue weighted by atomic mass is 79.9. The number of hydrogen-bond acceptors (Lipinski definition) is 2. The van der Waals surface area contributed by atoms with Gasteiger partial charge in [-0.05, 0) is 30.5 Å². The lowest BCUT2D eigenvalue weighted by Gasteiger charge is -2.19. The smallest absolute Gasteiger partial charge is 0.254 e. The summed E-state index contributed by atoms with van der Waals surface area (Å²) in [4.78, 5) is 14.1. The van der Waals surface area contributed by atoms with E-state index in [1.807, 2.05) is 23.1 Å². The van der Waals surface area contributed by atoms with E-state index in [1.165, 1.54) is 0 Å². The summed E-state index contributed by atoms with van der Waals surface area (Å²) in [6, 6.07) is 5.92. The van der Waals surface area contributed by atoms with E-state index >= 15 is 0 Å². The molecule has 0 aliphatic carbocycles. The van der Waals surface area contributed by atoms with Crippen molar-refractivity contribution in [3.8, 4) is 0 Å². The van der Waals surface area contributed by atoms with Gasteiger partial charge < -0.3 is 9.64 Å². The molecule has 1 aromatic carbocycles. The van der Waals surface area contributed by atoms with Gasteiger partial charge in [-0.1, -0.05) is 22.0 Å². The molecule has 3 rings (SSSR count). The van der Waals surface area contributed by atoms with Gasteiger partial charge in [0.15, 0.2) is 0 Å². The summed E-state index contributed by atoms with van der Waals surface area (Å²) < 4.78 is 6.54. The van der Waals surface area contributed by atoms with Crippen molar-refractivity contribution in [2.24, 2.45) is 0 Å². The van der Waals surface area contributed by atoms with Crippen molar-refractivity contribution in [1.82, 2.24) is 4.90 Å². The van der Waals surface area contributed by atoms with Gasteiger partial charge in [0.05, 0.1) is 6.10 Å². The first-order valence-corrected chi connectivity index (χ1v) is 6.72. The van der Waals surface area contributed by atoms with Crippen molar-refractivity contribution >= 4 is 21.8 Å². The van der Waals surface area contributed by atoms with Crippen LogP contribution < -0.4 is 0 Å². The van der Waals surface area contributed by atoms with Gasteiger partial charge in [0.25, 0.3) is 5.91 Å². The van der Waals surface area contributed by atoms with Gasteiger partial charge in [0.1, 0.15) is 0 Å². The van der Waals surface area contributed by atoms with Crippen LogP contribution in [-0.4, -0.2) is 30.1 Å². The number of amides is 1. The number of hydrogen-bond donors (Lipinski definition) is 0. The maximum atomic E-state index is 12.2. The molecular weight excluding hydrogens is 282 g/mol. The second-order valence-electron chi connectivity index (χ2n) is 4.62. The Balaban J connectivity index is 1.76. The Labute approximate surface area is 109 Å². The van der Waals surface area contributed by atoms with Crippen molar-refractivity contribution in [1.29, 1.82) is 0 Å². The van der Waals surface area contributed by atoms with Crippen molar-refractivity contribution in [2.45, 2.75) is 25.5 Å².